The van der Waals surface area contributed by atoms with Crippen LogP contribution in [-0.4, -0.2) is 29.6 Å². The lowest BCUT2D eigenvalue weighted by molar-refractivity contribution is 0.111. The van der Waals surface area contributed by atoms with Gasteiger partial charge in [-0.05, 0) is 49.4 Å². The van der Waals surface area contributed by atoms with Crippen molar-refractivity contribution in [2.24, 2.45) is 5.92 Å². The van der Waals surface area contributed by atoms with Gasteiger partial charge >= 0.3 is 0 Å². The molecule has 0 saturated heterocycles. The molecule has 1 atom stereocenters. The molecule has 0 fully saturated rings. The fourth-order valence-corrected chi connectivity index (χ4v) is 2.76. The Morgan fingerprint density at radius 1 is 0.955 bits per heavy atom. The maximum atomic E-state index is 10.5. The molecular weight excluding hydrogens is 270 g/mol. The third-order valence-corrected chi connectivity index (χ3v) is 4.10. The van der Waals surface area contributed by atoms with Crippen LogP contribution < -0.4 is 0 Å². The Hall–Kier alpha value is -0.860. The summed E-state index contributed by atoms with van der Waals surface area (Å²) in [6.45, 7) is 11.9. The first-order chi connectivity index (χ1) is 10.6. The fourth-order valence-electron chi connectivity index (χ4n) is 2.76. The van der Waals surface area contributed by atoms with Crippen molar-refractivity contribution in [1.29, 1.82) is 0 Å². The molecule has 0 spiro atoms. The second-order valence-corrected chi connectivity index (χ2v) is 6.86. The fraction of sp³-hybridized carbons (Fsp3) is 0.700. The monoisotopic (exact) mass is 305 g/mol. The molecule has 0 saturated carbocycles. The molecule has 1 unspecified atom stereocenters. The second-order valence-electron chi connectivity index (χ2n) is 6.86. The van der Waals surface area contributed by atoms with E-state index in [-0.39, 0.29) is 6.10 Å². The molecule has 0 aliphatic heterocycles. The van der Waals surface area contributed by atoms with Gasteiger partial charge in [0.15, 0.2) is 0 Å². The van der Waals surface area contributed by atoms with E-state index in [4.69, 9.17) is 0 Å². The average Bonchev–Trinajstić information content (AvgIpc) is 2.50. The van der Waals surface area contributed by atoms with E-state index in [0.29, 0.717) is 5.92 Å². The van der Waals surface area contributed by atoms with Gasteiger partial charge < -0.3 is 10.0 Å². The first kappa shape index (κ1) is 19.2. The van der Waals surface area contributed by atoms with Crippen LogP contribution in [0.1, 0.15) is 70.6 Å². The van der Waals surface area contributed by atoms with Crippen LogP contribution in [0.4, 0.5) is 0 Å². The minimum atomic E-state index is -0.373. The SMILES string of the molecule is CCCCN(CCCC)CC(O)c1ccc(CC(C)C)cc1. The number of unbranched alkanes of at least 4 members (excludes halogenated alkanes) is 2. The predicted octanol–water partition coefficient (Wildman–Crippen LogP) is 4.82. The van der Waals surface area contributed by atoms with Crippen molar-refractivity contribution in [3.05, 3.63) is 35.4 Å². The van der Waals surface area contributed by atoms with Gasteiger partial charge in [-0.2, -0.15) is 0 Å². The highest BCUT2D eigenvalue weighted by molar-refractivity contribution is 5.24. The van der Waals surface area contributed by atoms with Crippen LogP contribution in [0, 0.1) is 5.92 Å². The lowest BCUT2D eigenvalue weighted by Crippen LogP contribution is -2.30. The van der Waals surface area contributed by atoms with Gasteiger partial charge in [-0.25, -0.2) is 0 Å². The minimum absolute atomic E-state index is 0.373. The summed E-state index contributed by atoms with van der Waals surface area (Å²) in [5.41, 5.74) is 2.41. The van der Waals surface area contributed by atoms with E-state index in [1.54, 1.807) is 0 Å². The number of nitrogens with zero attached hydrogens (tertiary/aromatic N) is 1. The van der Waals surface area contributed by atoms with E-state index in [9.17, 15) is 5.11 Å². The van der Waals surface area contributed by atoms with E-state index < -0.39 is 0 Å². The number of benzene rings is 1. The van der Waals surface area contributed by atoms with E-state index >= 15 is 0 Å². The maximum Gasteiger partial charge on any atom is 0.0916 e. The quantitative estimate of drug-likeness (QED) is 0.633. The molecule has 0 radical (unpaired) electrons. The zero-order valence-electron chi connectivity index (χ0n) is 15.0. The Bertz CT molecular complexity index is 377. The second kappa shape index (κ2) is 10.8. The minimum Gasteiger partial charge on any atom is -0.387 e. The highest BCUT2D eigenvalue weighted by atomic mass is 16.3. The number of rotatable bonds is 11. The molecule has 1 rings (SSSR count). The molecule has 0 aliphatic carbocycles. The Labute approximate surface area is 137 Å². The van der Waals surface area contributed by atoms with Crippen molar-refractivity contribution < 1.29 is 5.11 Å². The highest BCUT2D eigenvalue weighted by Crippen LogP contribution is 2.17. The van der Waals surface area contributed by atoms with E-state index in [1.807, 2.05) is 0 Å². The van der Waals surface area contributed by atoms with Gasteiger partial charge in [0.25, 0.3) is 0 Å². The van der Waals surface area contributed by atoms with E-state index in [0.717, 1.165) is 31.6 Å². The van der Waals surface area contributed by atoms with Crippen LogP contribution in [0.5, 0.6) is 0 Å². The van der Waals surface area contributed by atoms with Gasteiger partial charge in [0.05, 0.1) is 6.10 Å². The van der Waals surface area contributed by atoms with Crippen molar-refractivity contribution in [3.63, 3.8) is 0 Å². The summed E-state index contributed by atoms with van der Waals surface area (Å²) in [6.07, 6.45) is 5.58. The molecule has 22 heavy (non-hydrogen) atoms. The summed E-state index contributed by atoms with van der Waals surface area (Å²) < 4.78 is 0. The molecule has 2 heteroatoms. The number of aliphatic hydroxyl groups is 1. The van der Waals surface area contributed by atoms with Gasteiger partial charge in [-0.15, -0.1) is 0 Å². The van der Waals surface area contributed by atoms with Crippen LogP contribution in [0.2, 0.25) is 0 Å². The summed E-state index contributed by atoms with van der Waals surface area (Å²) in [4.78, 5) is 2.42. The van der Waals surface area contributed by atoms with Crippen LogP contribution in [0.15, 0.2) is 24.3 Å². The van der Waals surface area contributed by atoms with E-state index in [1.165, 1.54) is 31.2 Å². The molecular formula is C20H35NO. The molecule has 1 aromatic carbocycles. The molecule has 0 heterocycles. The molecule has 1 N–H and O–H groups in total. The summed E-state index contributed by atoms with van der Waals surface area (Å²) in [7, 11) is 0. The van der Waals surface area contributed by atoms with Crippen LogP contribution in [0.25, 0.3) is 0 Å². The van der Waals surface area contributed by atoms with Crippen molar-refractivity contribution in [3.8, 4) is 0 Å². The topological polar surface area (TPSA) is 23.5 Å². The highest BCUT2D eigenvalue weighted by Gasteiger charge is 2.13. The Morgan fingerprint density at radius 2 is 1.50 bits per heavy atom. The number of hydrogen-bond donors (Lipinski definition) is 1. The first-order valence-corrected chi connectivity index (χ1v) is 9.06. The zero-order valence-corrected chi connectivity index (χ0v) is 15.0. The molecule has 1 aromatic rings. The first-order valence-electron chi connectivity index (χ1n) is 9.06. The molecule has 0 amide bonds. The molecule has 0 aromatic heterocycles. The van der Waals surface area contributed by atoms with Gasteiger partial charge in [-0.3, -0.25) is 0 Å². The lowest BCUT2D eigenvalue weighted by atomic mass is 10.00. The standard InChI is InChI=1S/C20H35NO/c1-5-7-13-21(14-8-6-2)16-20(22)19-11-9-18(10-12-19)15-17(3)4/h9-12,17,20,22H,5-8,13-16H2,1-4H3. The zero-order chi connectivity index (χ0) is 16.4. The van der Waals surface area contributed by atoms with Crippen molar-refractivity contribution in [2.75, 3.05) is 19.6 Å². The normalized spacial score (nSPS) is 13.0. The molecule has 0 bridgehead atoms. The van der Waals surface area contributed by atoms with E-state index in [2.05, 4.69) is 56.9 Å². The predicted molar refractivity (Wildman–Crippen MR) is 96.2 cm³/mol. The summed E-state index contributed by atoms with van der Waals surface area (Å²) in [5.74, 6) is 0.675. The lowest BCUT2D eigenvalue weighted by Gasteiger charge is -2.25. The van der Waals surface area contributed by atoms with Crippen molar-refractivity contribution >= 4 is 0 Å². The van der Waals surface area contributed by atoms with Crippen LogP contribution >= 0.6 is 0 Å². The molecule has 126 valence electrons. The van der Waals surface area contributed by atoms with Crippen molar-refractivity contribution in [1.82, 2.24) is 4.90 Å². The Morgan fingerprint density at radius 3 is 1.95 bits per heavy atom. The Kier molecular flexibility index (Phi) is 9.42. The van der Waals surface area contributed by atoms with Crippen LogP contribution in [0.3, 0.4) is 0 Å². The van der Waals surface area contributed by atoms with Crippen molar-refractivity contribution in [2.45, 2.75) is 65.9 Å². The summed E-state index contributed by atoms with van der Waals surface area (Å²) in [5, 5.41) is 10.5. The Balaban J connectivity index is 2.57. The smallest absolute Gasteiger partial charge is 0.0916 e. The maximum absolute atomic E-state index is 10.5. The third-order valence-electron chi connectivity index (χ3n) is 4.10. The number of hydrogen-bond acceptors (Lipinski definition) is 2. The van der Waals surface area contributed by atoms with Gasteiger partial charge in [0, 0.05) is 6.54 Å². The number of aliphatic hydroxyl groups excluding tert-OH is 1. The van der Waals surface area contributed by atoms with Crippen LogP contribution in [-0.2, 0) is 6.42 Å². The summed E-state index contributed by atoms with van der Waals surface area (Å²) in [6, 6.07) is 8.53. The molecule has 2 nitrogen and oxygen atoms in total. The molecule has 0 aliphatic rings. The average molecular weight is 306 g/mol. The van der Waals surface area contributed by atoms with Gasteiger partial charge in [0.2, 0.25) is 0 Å². The summed E-state index contributed by atoms with van der Waals surface area (Å²) >= 11 is 0. The third kappa shape index (κ3) is 7.42. The largest absolute Gasteiger partial charge is 0.387 e. The van der Waals surface area contributed by atoms with Gasteiger partial charge in [0.1, 0.15) is 0 Å². The van der Waals surface area contributed by atoms with Gasteiger partial charge in [-0.1, -0.05) is 64.8 Å².